The number of aliphatic carboxylic acids is 1. The summed E-state index contributed by atoms with van der Waals surface area (Å²) >= 11 is 0. The van der Waals surface area contributed by atoms with Crippen LogP contribution in [0.2, 0.25) is 12.1 Å². The predicted octanol–water partition coefficient (Wildman–Crippen LogP) is 3.82. The van der Waals surface area contributed by atoms with Crippen molar-refractivity contribution in [3.05, 3.63) is 0 Å². The van der Waals surface area contributed by atoms with E-state index in [9.17, 15) is 9.90 Å². The van der Waals surface area contributed by atoms with Gasteiger partial charge in [-0.3, -0.25) is 4.79 Å². The van der Waals surface area contributed by atoms with Gasteiger partial charge in [0, 0.05) is 58.3 Å². The van der Waals surface area contributed by atoms with E-state index in [0.717, 1.165) is 32.5 Å². The first kappa shape index (κ1) is 36.6. The molecule has 0 aromatic heterocycles. The Kier molecular flexibility index (Phi) is 21.2. The molecular weight excluding hydrogens is 512 g/mol. The lowest BCUT2D eigenvalue weighted by Gasteiger charge is -2.32. The third kappa shape index (κ3) is 15.7. The molecule has 0 aromatic carbocycles. The van der Waals surface area contributed by atoms with Gasteiger partial charge in [0.15, 0.2) is 0 Å². The van der Waals surface area contributed by atoms with Gasteiger partial charge in [0.25, 0.3) is 0 Å². The maximum absolute atomic E-state index is 12.1. The van der Waals surface area contributed by atoms with Crippen molar-refractivity contribution in [1.82, 2.24) is 9.80 Å². The molecule has 0 heterocycles. The average molecular weight is 569 g/mol. The summed E-state index contributed by atoms with van der Waals surface area (Å²) in [5, 5.41) is 9.91. The maximum Gasteiger partial charge on any atom is 0.500 e. The second-order valence-corrected chi connectivity index (χ2v) is 14.6. The topological polar surface area (TPSA) is 99.2 Å². The molecule has 37 heavy (non-hydrogen) atoms. The van der Waals surface area contributed by atoms with Gasteiger partial charge >= 0.3 is 23.6 Å². The highest BCUT2D eigenvalue weighted by Crippen LogP contribution is 2.21. The van der Waals surface area contributed by atoms with Crippen molar-refractivity contribution < 1.29 is 36.5 Å². The normalized spacial score (nSPS) is 13.6. The maximum atomic E-state index is 12.1. The second-order valence-electron chi connectivity index (χ2n) is 9.10. The van der Waals surface area contributed by atoms with Crippen LogP contribution in [-0.4, -0.2) is 118 Å². The molecule has 0 rings (SSSR count). The number of rotatable bonds is 26. The van der Waals surface area contributed by atoms with Gasteiger partial charge in [-0.25, -0.2) is 0 Å². The summed E-state index contributed by atoms with van der Waals surface area (Å²) in [6, 6.07) is 1.40. The SMILES string of the molecule is CCO[Si](CCCN(CCC[Si](OCC)(OCC)OCC)CC(CCN(C)C)C(=O)O)(OCC)OCC. The average Bonchev–Trinajstić information content (AvgIpc) is 2.82. The Morgan fingerprint density at radius 2 is 1.03 bits per heavy atom. The van der Waals surface area contributed by atoms with Gasteiger partial charge in [0.1, 0.15) is 0 Å². The Balaban J connectivity index is 5.49. The third-order valence-corrected chi connectivity index (χ3v) is 12.2. The fourth-order valence-electron chi connectivity index (χ4n) is 4.35. The molecule has 1 atom stereocenters. The number of hydrogen-bond donors (Lipinski definition) is 1. The molecule has 0 fully saturated rings. The predicted molar refractivity (Wildman–Crippen MR) is 151 cm³/mol. The van der Waals surface area contributed by atoms with Crippen molar-refractivity contribution in [2.45, 2.75) is 72.9 Å². The van der Waals surface area contributed by atoms with Gasteiger partial charge in [0.2, 0.25) is 0 Å². The Labute approximate surface area is 228 Å². The van der Waals surface area contributed by atoms with E-state index < -0.39 is 29.5 Å². The summed E-state index contributed by atoms with van der Waals surface area (Å²) in [7, 11) is -1.57. The Morgan fingerprint density at radius 1 is 0.676 bits per heavy atom. The Hall–Kier alpha value is -0.416. The van der Waals surface area contributed by atoms with E-state index in [4.69, 9.17) is 26.6 Å². The molecular formula is C25H56N2O8Si2. The second kappa shape index (κ2) is 21.4. The minimum Gasteiger partial charge on any atom is -0.481 e. The van der Waals surface area contributed by atoms with Crippen molar-refractivity contribution in [3.63, 3.8) is 0 Å². The Morgan fingerprint density at radius 3 is 1.30 bits per heavy atom. The lowest BCUT2D eigenvalue weighted by Crippen LogP contribution is -2.47. The van der Waals surface area contributed by atoms with E-state index in [1.54, 1.807) is 0 Å². The molecule has 10 nitrogen and oxygen atoms in total. The van der Waals surface area contributed by atoms with Crippen LogP contribution in [0.25, 0.3) is 0 Å². The fourth-order valence-corrected chi connectivity index (χ4v) is 9.54. The summed E-state index contributed by atoms with van der Waals surface area (Å²) < 4.78 is 36.1. The van der Waals surface area contributed by atoms with E-state index in [0.29, 0.717) is 64.7 Å². The molecule has 12 heteroatoms. The molecule has 0 aliphatic rings. The number of carbonyl (C=O) groups is 1. The highest BCUT2D eigenvalue weighted by molar-refractivity contribution is 6.61. The Bertz CT molecular complexity index is 509. The quantitative estimate of drug-likeness (QED) is 0.155. The standard InChI is InChI=1S/C25H56N2O8Si2/c1-9-30-36(31-10-2,32-11-3)21-15-18-27(23-24(25(28)29)17-20-26(7)8)19-16-22-37(33-12-4,34-13-5)35-14-6/h24H,9-23H2,1-8H3,(H,28,29). The van der Waals surface area contributed by atoms with Crippen LogP contribution in [0.1, 0.15) is 60.8 Å². The van der Waals surface area contributed by atoms with Crippen LogP contribution in [0.15, 0.2) is 0 Å². The van der Waals surface area contributed by atoms with Gasteiger partial charge in [-0.2, -0.15) is 0 Å². The van der Waals surface area contributed by atoms with Gasteiger partial charge in [-0.05, 0) is 94.5 Å². The van der Waals surface area contributed by atoms with Crippen molar-refractivity contribution in [2.24, 2.45) is 5.92 Å². The first-order chi connectivity index (χ1) is 17.7. The molecule has 0 bridgehead atoms. The van der Waals surface area contributed by atoms with Crippen molar-refractivity contribution in [3.8, 4) is 0 Å². The van der Waals surface area contributed by atoms with Crippen LogP contribution in [0.5, 0.6) is 0 Å². The molecule has 0 aliphatic heterocycles. The van der Waals surface area contributed by atoms with Crippen LogP contribution < -0.4 is 0 Å². The zero-order valence-electron chi connectivity index (χ0n) is 24.9. The lowest BCUT2D eigenvalue weighted by molar-refractivity contribution is -0.142. The molecule has 1 N–H and O–H groups in total. The molecule has 222 valence electrons. The number of hydrogen-bond acceptors (Lipinski definition) is 9. The van der Waals surface area contributed by atoms with E-state index in [1.807, 2.05) is 60.5 Å². The molecule has 0 saturated carbocycles. The van der Waals surface area contributed by atoms with Crippen LogP contribution >= 0.6 is 0 Å². The molecule has 0 saturated heterocycles. The van der Waals surface area contributed by atoms with E-state index >= 15 is 0 Å². The summed E-state index contributed by atoms with van der Waals surface area (Å²) in [5.41, 5.74) is 0. The lowest BCUT2D eigenvalue weighted by atomic mass is 10.0. The molecule has 0 aromatic rings. The number of nitrogens with zero attached hydrogens (tertiary/aromatic N) is 2. The third-order valence-electron chi connectivity index (χ3n) is 5.85. The molecule has 0 radical (unpaired) electrons. The number of carboxylic acid groups (broad SMARTS) is 1. The fraction of sp³-hybridized carbons (Fsp3) is 0.960. The van der Waals surface area contributed by atoms with Crippen molar-refractivity contribution in [2.75, 3.05) is 79.9 Å². The molecule has 0 amide bonds. The van der Waals surface area contributed by atoms with Crippen LogP contribution in [0, 0.1) is 5.92 Å². The zero-order chi connectivity index (χ0) is 28.2. The number of carboxylic acids is 1. The van der Waals surface area contributed by atoms with Crippen LogP contribution in [0.3, 0.4) is 0 Å². The summed E-state index contributed by atoms with van der Waals surface area (Å²) in [6.07, 6.45) is 2.21. The minimum absolute atomic E-state index is 0.442. The molecule has 1 unspecified atom stereocenters. The van der Waals surface area contributed by atoms with Gasteiger partial charge in [-0.1, -0.05) is 0 Å². The van der Waals surface area contributed by atoms with Gasteiger partial charge < -0.3 is 41.5 Å². The van der Waals surface area contributed by atoms with E-state index in [2.05, 4.69) is 4.90 Å². The highest BCUT2D eigenvalue weighted by atomic mass is 28.4. The van der Waals surface area contributed by atoms with Crippen LogP contribution in [0.4, 0.5) is 0 Å². The smallest absolute Gasteiger partial charge is 0.481 e. The van der Waals surface area contributed by atoms with Crippen molar-refractivity contribution >= 4 is 23.6 Å². The first-order valence-electron chi connectivity index (χ1n) is 14.1. The summed E-state index contributed by atoms with van der Waals surface area (Å²) in [4.78, 5) is 16.4. The van der Waals surface area contributed by atoms with E-state index in [-0.39, 0.29) is 0 Å². The minimum atomic E-state index is -2.75. The van der Waals surface area contributed by atoms with E-state index in [1.165, 1.54) is 0 Å². The van der Waals surface area contributed by atoms with Crippen molar-refractivity contribution in [1.29, 1.82) is 0 Å². The first-order valence-corrected chi connectivity index (χ1v) is 18.0. The summed E-state index contributed by atoms with van der Waals surface area (Å²) in [5.74, 6) is -1.20. The summed E-state index contributed by atoms with van der Waals surface area (Å²) in [6.45, 7) is 17.7. The van der Waals surface area contributed by atoms with Gasteiger partial charge in [-0.15, -0.1) is 0 Å². The van der Waals surface area contributed by atoms with Gasteiger partial charge in [0.05, 0.1) is 5.92 Å². The molecule has 0 spiro atoms. The molecule has 0 aliphatic carbocycles. The highest BCUT2D eigenvalue weighted by Gasteiger charge is 2.41. The van der Waals surface area contributed by atoms with Crippen LogP contribution in [-0.2, 0) is 31.4 Å². The zero-order valence-corrected chi connectivity index (χ0v) is 26.9. The monoisotopic (exact) mass is 568 g/mol. The largest absolute Gasteiger partial charge is 0.500 e.